The molecule has 0 atom stereocenters. The fourth-order valence-electron chi connectivity index (χ4n) is 1.25. The van der Waals surface area contributed by atoms with E-state index in [-0.39, 0.29) is 25.0 Å². The van der Waals surface area contributed by atoms with Gasteiger partial charge >= 0.3 is 5.97 Å². The second-order valence-corrected chi connectivity index (χ2v) is 4.17. The van der Waals surface area contributed by atoms with Gasteiger partial charge in [-0.15, -0.1) is 12.4 Å². The van der Waals surface area contributed by atoms with Gasteiger partial charge in [0.05, 0.1) is 18.8 Å². The number of nitrogens with zero attached hydrogens (tertiary/aromatic N) is 1. The van der Waals surface area contributed by atoms with Gasteiger partial charge in [-0.3, -0.25) is 0 Å². The Morgan fingerprint density at radius 2 is 1.79 bits per heavy atom. The summed E-state index contributed by atoms with van der Waals surface area (Å²) in [6.07, 6.45) is 0. The summed E-state index contributed by atoms with van der Waals surface area (Å²) in [6.45, 7) is 2.16. The molecule has 0 saturated carbocycles. The third kappa shape index (κ3) is 7.66. The van der Waals surface area contributed by atoms with Crippen molar-refractivity contribution in [1.29, 1.82) is 0 Å². The highest BCUT2D eigenvalue weighted by atomic mass is 35.5. The Labute approximate surface area is 120 Å². The van der Waals surface area contributed by atoms with Crippen LogP contribution in [-0.2, 0) is 9.47 Å². The Morgan fingerprint density at radius 1 is 1.16 bits per heavy atom. The van der Waals surface area contributed by atoms with Crippen molar-refractivity contribution < 1.29 is 14.3 Å². The maximum Gasteiger partial charge on any atom is 0.338 e. The van der Waals surface area contributed by atoms with Gasteiger partial charge < -0.3 is 20.1 Å². The lowest BCUT2D eigenvalue weighted by Gasteiger charge is -2.10. The molecule has 0 aliphatic heterocycles. The zero-order valence-corrected chi connectivity index (χ0v) is 12.1. The summed E-state index contributed by atoms with van der Waals surface area (Å²) in [4.78, 5) is 13.6. The van der Waals surface area contributed by atoms with Crippen molar-refractivity contribution in [2.24, 2.45) is 0 Å². The molecule has 6 heteroatoms. The number of carbonyl (C=O) groups excluding carboxylic acids is 1. The van der Waals surface area contributed by atoms with Crippen LogP contribution in [0, 0.1) is 0 Å². The highest BCUT2D eigenvalue weighted by Gasteiger charge is 2.05. The highest BCUT2D eigenvalue weighted by molar-refractivity contribution is 5.89. The molecule has 0 aromatic heterocycles. The summed E-state index contributed by atoms with van der Waals surface area (Å²) in [5.41, 5.74) is 6.65. The molecule has 0 heterocycles. The number of benzene rings is 1. The minimum atomic E-state index is -0.355. The smallest absolute Gasteiger partial charge is 0.338 e. The van der Waals surface area contributed by atoms with Gasteiger partial charge in [-0.2, -0.15) is 0 Å². The molecule has 1 rings (SSSR count). The van der Waals surface area contributed by atoms with Crippen LogP contribution in [0.15, 0.2) is 24.3 Å². The van der Waals surface area contributed by atoms with Gasteiger partial charge in [-0.1, -0.05) is 0 Å². The Morgan fingerprint density at radius 3 is 2.37 bits per heavy atom. The zero-order chi connectivity index (χ0) is 13.4. The number of hydrogen-bond donors (Lipinski definition) is 1. The number of nitrogens with two attached hydrogens (primary N) is 1. The molecule has 0 fully saturated rings. The largest absolute Gasteiger partial charge is 0.460 e. The van der Waals surface area contributed by atoms with E-state index in [1.807, 2.05) is 19.0 Å². The van der Waals surface area contributed by atoms with E-state index < -0.39 is 0 Å². The third-order valence-corrected chi connectivity index (χ3v) is 2.29. The van der Waals surface area contributed by atoms with Gasteiger partial charge in [0.2, 0.25) is 0 Å². The number of nitrogen functional groups attached to an aromatic ring is 1. The van der Waals surface area contributed by atoms with Gasteiger partial charge in [-0.25, -0.2) is 4.79 Å². The van der Waals surface area contributed by atoms with Crippen LogP contribution in [0.3, 0.4) is 0 Å². The quantitative estimate of drug-likeness (QED) is 0.467. The van der Waals surface area contributed by atoms with Crippen LogP contribution in [0.4, 0.5) is 5.69 Å². The first-order valence-electron chi connectivity index (χ1n) is 5.84. The predicted molar refractivity (Wildman–Crippen MR) is 77.8 cm³/mol. The summed E-state index contributed by atoms with van der Waals surface area (Å²) in [6, 6.07) is 6.63. The molecule has 0 spiro atoms. The van der Waals surface area contributed by atoms with Crippen LogP contribution >= 0.6 is 12.4 Å². The first kappa shape index (κ1) is 17.7. The minimum Gasteiger partial charge on any atom is -0.460 e. The Hall–Kier alpha value is -1.30. The maximum absolute atomic E-state index is 11.6. The molecule has 1 aromatic carbocycles. The van der Waals surface area contributed by atoms with Crippen molar-refractivity contribution in [1.82, 2.24) is 4.90 Å². The van der Waals surface area contributed by atoms with Gasteiger partial charge in [-0.05, 0) is 38.4 Å². The van der Waals surface area contributed by atoms with E-state index in [1.54, 1.807) is 24.3 Å². The van der Waals surface area contributed by atoms with Crippen molar-refractivity contribution in [3.05, 3.63) is 29.8 Å². The fourth-order valence-corrected chi connectivity index (χ4v) is 1.25. The molecule has 0 saturated heterocycles. The molecule has 1 aromatic rings. The van der Waals surface area contributed by atoms with Crippen molar-refractivity contribution >= 4 is 24.1 Å². The molecule has 0 bridgehead atoms. The average Bonchev–Trinajstić information content (AvgIpc) is 2.34. The van der Waals surface area contributed by atoms with Crippen LogP contribution < -0.4 is 5.73 Å². The van der Waals surface area contributed by atoms with Crippen molar-refractivity contribution in [3.63, 3.8) is 0 Å². The number of anilines is 1. The molecule has 19 heavy (non-hydrogen) atoms. The zero-order valence-electron chi connectivity index (χ0n) is 11.3. The number of ether oxygens (including phenoxy) is 2. The molecule has 108 valence electrons. The molecular weight excluding hydrogens is 268 g/mol. The number of halogens is 1. The summed E-state index contributed by atoms with van der Waals surface area (Å²) in [5.74, 6) is -0.355. The van der Waals surface area contributed by atoms with Crippen LogP contribution in [-0.4, -0.2) is 51.3 Å². The van der Waals surface area contributed by atoms with Crippen LogP contribution in [0.2, 0.25) is 0 Å². The summed E-state index contributed by atoms with van der Waals surface area (Å²) >= 11 is 0. The lowest BCUT2D eigenvalue weighted by atomic mass is 10.2. The molecule has 2 N–H and O–H groups in total. The SMILES string of the molecule is CN(C)CCOCCOC(=O)c1ccc(N)cc1.Cl. The van der Waals surface area contributed by atoms with Gasteiger partial charge in [0.15, 0.2) is 0 Å². The fraction of sp³-hybridized carbons (Fsp3) is 0.462. The summed E-state index contributed by atoms with van der Waals surface area (Å²) < 4.78 is 10.4. The minimum absolute atomic E-state index is 0. The highest BCUT2D eigenvalue weighted by Crippen LogP contribution is 2.06. The Bertz CT molecular complexity index is 369. The molecule has 0 radical (unpaired) electrons. The van der Waals surface area contributed by atoms with E-state index in [9.17, 15) is 4.79 Å². The first-order chi connectivity index (χ1) is 8.59. The van der Waals surface area contributed by atoms with E-state index in [4.69, 9.17) is 15.2 Å². The van der Waals surface area contributed by atoms with Crippen molar-refractivity contribution in [2.75, 3.05) is 46.2 Å². The molecule has 0 aliphatic carbocycles. The second kappa shape index (κ2) is 9.61. The normalized spacial score (nSPS) is 10.1. The number of esters is 1. The Balaban J connectivity index is 0.00000324. The number of likely N-dealkylation sites (N-methyl/N-ethyl adjacent to an activating group) is 1. The van der Waals surface area contributed by atoms with Crippen LogP contribution in [0.1, 0.15) is 10.4 Å². The van der Waals surface area contributed by atoms with E-state index in [0.29, 0.717) is 24.5 Å². The van der Waals surface area contributed by atoms with Crippen LogP contribution in [0.25, 0.3) is 0 Å². The average molecular weight is 289 g/mol. The van der Waals surface area contributed by atoms with Crippen molar-refractivity contribution in [3.8, 4) is 0 Å². The van der Waals surface area contributed by atoms with Gasteiger partial charge in [0, 0.05) is 12.2 Å². The lowest BCUT2D eigenvalue weighted by Crippen LogP contribution is -2.19. The van der Waals surface area contributed by atoms with E-state index >= 15 is 0 Å². The van der Waals surface area contributed by atoms with Gasteiger partial charge in [0.1, 0.15) is 6.61 Å². The topological polar surface area (TPSA) is 64.8 Å². The van der Waals surface area contributed by atoms with E-state index in [1.165, 1.54) is 0 Å². The summed E-state index contributed by atoms with van der Waals surface area (Å²) in [7, 11) is 3.95. The number of hydrogen-bond acceptors (Lipinski definition) is 5. The maximum atomic E-state index is 11.6. The number of carbonyl (C=O) groups is 1. The lowest BCUT2D eigenvalue weighted by molar-refractivity contribution is 0.0299. The Kier molecular flexibility index (Phi) is 8.95. The number of rotatable bonds is 7. The predicted octanol–water partition coefficient (Wildman–Crippen LogP) is 1.43. The molecule has 0 aliphatic rings. The molecule has 0 unspecified atom stereocenters. The summed E-state index contributed by atoms with van der Waals surface area (Å²) in [5, 5.41) is 0. The second-order valence-electron chi connectivity index (χ2n) is 4.17. The van der Waals surface area contributed by atoms with Gasteiger partial charge in [0.25, 0.3) is 0 Å². The molecule has 0 amide bonds. The third-order valence-electron chi connectivity index (χ3n) is 2.29. The van der Waals surface area contributed by atoms with Crippen molar-refractivity contribution in [2.45, 2.75) is 0 Å². The first-order valence-corrected chi connectivity index (χ1v) is 5.84. The monoisotopic (exact) mass is 288 g/mol. The van der Waals surface area contributed by atoms with E-state index in [2.05, 4.69) is 0 Å². The van der Waals surface area contributed by atoms with Crippen LogP contribution in [0.5, 0.6) is 0 Å². The molecular formula is C13H21ClN2O3. The molecule has 5 nitrogen and oxygen atoms in total. The van der Waals surface area contributed by atoms with E-state index in [0.717, 1.165) is 6.54 Å². The standard InChI is InChI=1S/C13H20N2O3.ClH/c1-15(2)7-8-17-9-10-18-13(16)11-3-5-12(14)6-4-11;/h3-6H,7-10,14H2,1-2H3;1H.